The number of hydrogen-bond acceptors (Lipinski definition) is 6. The van der Waals surface area contributed by atoms with E-state index in [9.17, 15) is 28.8 Å². The average Bonchev–Trinajstić information content (AvgIpc) is 3.16. The van der Waals surface area contributed by atoms with Crippen LogP contribution in [-0.2, 0) is 24.0 Å². The molecule has 1 rings (SSSR count). The van der Waals surface area contributed by atoms with Gasteiger partial charge in [0, 0.05) is 31.8 Å². The lowest BCUT2D eigenvalue weighted by Crippen LogP contribution is -2.54. The number of nitrogens with one attached hydrogen (secondary N) is 3. The van der Waals surface area contributed by atoms with Crippen molar-refractivity contribution >= 4 is 35.4 Å². The maximum Gasteiger partial charge on any atom is 0.312 e. The van der Waals surface area contributed by atoms with Gasteiger partial charge in [0.15, 0.2) is 5.78 Å². The van der Waals surface area contributed by atoms with Crippen molar-refractivity contribution in [1.82, 2.24) is 20.9 Å². The van der Waals surface area contributed by atoms with E-state index < -0.39 is 24.0 Å². The molecule has 2 unspecified atom stereocenters. The molecule has 1 fully saturated rings. The molecule has 0 bridgehead atoms. The summed E-state index contributed by atoms with van der Waals surface area (Å²) < 4.78 is 0. The standard InChI is InChI=1S/C30H53N5O6/c1-8-13-20(4)26(38)22(14-12-16-32-29(31)41)33-27(39)25(19(2)3)34-23(36)15-10-9-11-17-35-24(37)18-21(28(35)40)30(5,6)7/h19-22,25H,8-18H2,1-7H3,(H,33,39)(H,34,36)(H3,31,32,41)/t20?,21?,22-,25-/m0/s1. The molecule has 0 saturated carbocycles. The summed E-state index contributed by atoms with van der Waals surface area (Å²) in [6, 6.07) is -2.19. The van der Waals surface area contributed by atoms with Crippen molar-refractivity contribution in [1.29, 1.82) is 0 Å². The van der Waals surface area contributed by atoms with Gasteiger partial charge in [0.1, 0.15) is 6.04 Å². The molecule has 1 aliphatic rings. The second-order valence-electron chi connectivity index (χ2n) is 12.7. The maximum absolute atomic E-state index is 13.2. The highest BCUT2D eigenvalue weighted by Gasteiger charge is 2.44. The van der Waals surface area contributed by atoms with Crippen molar-refractivity contribution in [2.75, 3.05) is 13.1 Å². The van der Waals surface area contributed by atoms with Crippen LogP contribution in [-0.4, -0.2) is 65.5 Å². The van der Waals surface area contributed by atoms with Crippen LogP contribution in [0, 0.1) is 23.2 Å². The van der Waals surface area contributed by atoms with E-state index in [1.807, 2.05) is 48.5 Å². The fraction of sp³-hybridized carbons (Fsp3) is 0.800. The molecule has 0 aromatic rings. The minimum atomic E-state index is -0.808. The van der Waals surface area contributed by atoms with Gasteiger partial charge in [-0.15, -0.1) is 0 Å². The Morgan fingerprint density at radius 3 is 2.17 bits per heavy atom. The zero-order valence-corrected chi connectivity index (χ0v) is 26.1. The number of carbonyl (C=O) groups excluding carboxylic acids is 6. The lowest BCUT2D eigenvalue weighted by Gasteiger charge is -2.26. The topological polar surface area (TPSA) is 168 Å². The molecule has 11 heteroatoms. The van der Waals surface area contributed by atoms with Crippen molar-refractivity contribution < 1.29 is 28.8 Å². The van der Waals surface area contributed by atoms with Gasteiger partial charge in [-0.05, 0) is 43.4 Å². The Bertz CT molecular complexity index is 929. The average molecular weight is 580 g/mol. The number of primary amides is 1. The first kappa shape index (κ1) is 36.0. The Hall–Kier alpha value is -2.98. The van der Waals surface area contributed by atoms with Gasteiger partial charge in [-0.2, -0.15) is 0 Å². The third kappa shape index (κ3) is 12.2. The van der Waals surface area contributed by atoms with E-state index in [1.54, 1.807) is 0 Å². The van der Waals surface area contributed by atoms with Crippen molar-refractivity contribution in [2.24, 2.45) is 28.9 Å². The van der Waals surface area contributed by atoms with Crippen LogP contribution in [0.25, 0.3) is 0 Å². The molecule has 6 amide bonds. The summed E-state index contributed by atoms with van der Waals surface area (Å²) >= 11 is 0. The lowest BCUT2D eigenvalue weighted by atomic mass is 9.80. The first-order valence-electron chi connectivity index (χ1n) is 15.1. The molecule has 5 N–H and O–H groups in total. The summed E-state index contributed by atoms with van der Waals surface area (Å²) in [5, 5.41) is 8.15. The van der Waals surface area contributed by atoms with Gasteiger partial charge < -0.3 is 21.7 Å². The minimum absolute atomic E-state index is 0.0723. The molecular formula is C30H53N5O6. The number of carbonyl (C=O) groups is 6. The van der Waals surface area contributed by atoms with Crippen LogP contribution in [0.5, 0.6) is 0 Å². The molecule has 0 aromatic heterocycles. The molecule has 11 nitrogen and oxygen atoms in total. The van der Waals surface area contributed by atoms with E-state index in [1.165, 1.54) is 4.90 Å². The number of nitrogens with two attached hydrogens (primary N) is 1. The van der Waals surface area contributed by atoms with E-state index in [2.05, 4.69) is 16.0 Å². The SMILES string of the molecule is CCCC(C)C(=O)[C@H](CCCNC(N)=O)NC(=O)[C@@H](NC(=O)CCCCCN1C(=O)CC(C(C)(C)C)C1=O)C(C)C. The third-order valence-electron chi connectivity index (χ3n) is 7.68. The van der Waals surface area contributed by atoms with E-state index >= 15 is 0 Å². The van der Waals surface area contributed by atoms with E-state index in [4.69, 9.17) is 5.73 Å². The van der Waals surface area contributed by atoms with E-state index in [-0.39, 0.29) is 59.5 Å². The molecule has 1 aliphatic heterocycles. The van der Waals surface area contributed by atoms with Crippen molar-refractivity contribution in [3.05, 3.63) is 0 Å². The number of rotatable bonds is 18. The Labute approximate surface area is 245 Å². The largest absolute Gasteiger partial charge is 0.352 e. The first-order valence-corrected chi connectivity index (χ1v) is 15.1. The summed E-state index contributed by atoms with van der Waals surface area (Å²) in [5.74, 6) is -1.74. The second-order valence-corrected chi connectivity index (χ2v) is 12.7. The number of nitrogens with zero attached hydrogens (tertiary/aromatic N) is 1. The van der Waals surface area contributed by atoms with Crippen LogP contribution in [0.15, 0.2) is 0 Å². The molecule has 4 atom stereocenters. The number of Topliss-reactive ketones (excluding diaryl/α,β-unsaturated/α-hetero) is 1. The van der Waals surface area contributed by atoms with Gasteiger partial charge >= 0.3 is 6.03 Å². The van der Waals surface area contributed by atoms with E-state index in [0.717, 1.165) is 6.42 Å². The maximum atomic E-state index is 13.2. The number of likely N-dealkylation sites (tertiary alicyclic amines) is 1. The summed E-state index contributed by atoms with van der Waals surface area (Å²) in [6.07, 6.45) is 4.62. The fourth-order valence-electron chi connectivity index (χ4n) is 5.09. The second kappa shape index (κ2) is 17.1. The molecule has 234 valence electrons. The van der Waals surface area contributed by atoms with Gasteiger partial charge in [-0.3, -0.25) is 28.9 Å². The Kier molecular flexibility index (Phi) is 15.0. The molecule has 0 spiro atoms. The molecule has 41 heavy (non-hydrogen) atoms. The zero-order chi connectivity index (χ0) is 31.3. The Morgan fingerprint density at radius 1 is 0.976 bits per heavy atom. The lowest BCUT2D eigenvalue weighted by molar-refractivity contribution is -0.140. The summed E-state index contributed by atoms with van der Waals surface area (Å²) in [4.78, 5) is 76.2. The highest BCUT2D eigenvalue weighted by atomic mass is 16.2. The number of urea groups is 1. The fourth-order valence-corrected chi connectivity index (χ4v) is 5.09. The molecule has 0 aromatic carbocycles. The van der Waals surface area contributed by atoms with Crippen LogP contribution >= 0.6 is 0 Å². The molecular weight excluding hydrogens is 526 g/mol. The number of ketones is 1. The van der Waals surface area contributed by atoms with Crippen LogP contribution in [0.4, 0.5) is 4.79 Å². The van der Waals surface area contributed by atoms with Crippen LogP contribution < -0.4 is 21.7 Å². The Balaban J connectivity index is 2.62. The van der Waals surface area contributed by atoms with Crippen LogP contribution in [0.2, 0.25) is 0 Å². The summed E-state index contributed by atoms with van der Waals surface area (Å²) in [7, 11) is 0. The van der Waals surface area contributed by atoms with Crippen molar-refractivity contribution in [2.45, 2.75) is 118 Å². The normalized spacial score (nSPS) is 17.8. The van der Waals surface area contributed by atoms with Gasteiger partial charge in [-0.1, -0.05) is 61.3 Å². The van der Waals surface area contributed by atoms with Gasteiger partial charge in [0.25, 0.3) is 0 Å². The highest BCUT2D eigenvalue weighted by molar-refractivity contribution is 6.03. The number of amides is 6. The first-order chi connectivity index (χ1) is 19.1. The van der Waals surface area contributed by atoms with Crippen molar-refractivity contribution in [3.63, 3.8) is 0 Å². The number of hydrogen-bond donors (Lipinski definition) is 4. The highest BCUT2D eigenvalue weighted by Crippen LogP contribution is 2.35. The molecule has 0 aliphatic carbocycles. The van der Waals surface area contributed by atoms with E-state index in [0.29, 0.717) is 51.6 Å². The minimum Gasteiger partial charge on any atom is -0.352 e. The van der Waals surface area contributed by atoms with Crippen molar-refractivity contribution in [3.8, 4) is 0 Å². The summed E-state index contributed by atoms with van der Waals surface area (Å²) in [5.41, 5.74) is 4.85. The van der Waals surface area contributed by atoms with Crippen LogP contribution in [0.3, 0.4) is 0 Å². The molecule has 1 heterocycles. The smallest absolute Gasteiger partial charge is 0.312 e. The number of imide groups is 1. The summed E-state index contributed by atoms with van der Waals surface area (Å²) in [6.45, 7) is 14.0. The zero-order valence-electron chi connectivity index (χ0n) is 26.1. The van der Waals surface area contributed by atoms with Crippen LogP contribution in [0.1, 0.15) is 106 Å². The Morgan fingerprint density at radius 2 is 1.63 bits per heavy atom. The monoisotopic (exact) mass is 579 g/mol. The predicted molar refractivity (Wildman–Crippen MR) is 157 cm³/mol. The number of unbranched alkanes of at least 4 members (excludes halogenated alkanes) is 2. The van der Waals surface area contributed by atoms with Gasteiger partial charge in [0.2, 0.25) is 23.6 Å². The third-order valence-corrected chi connectivity index (χ3v) is 7.68. The molecule has 1 saturated heterocycles. The van der Waals surface area contributed by atoms with Gasteiger partial charge in [0.05, 0.1) is 12.0 Å². The molecule has 0 radical (unpaired) electrons. The van der Waals surface area contributed by atoms with Gasteiger partial charge in [-0.25, -0.2) is 4.79 Å². The quantitative estimate of drug-likeness (QED) is 0.144. The predicted octanol–water partition coefficient (Wildman–Crippen LogP) is 3.05.